The lowest BCUT2D eigenvalue weighted by Gasteiger charge is -2.16. The van der Waals surface area contributed by atoms with E-state index in [0.29, 0.717) is 25.1 Å². The Morgan fingerprint density at radius 3 is 2.76 bits per heavy atom. The van der Waals surface area contributed by atoms with Crippen LogP contribution in [0.2, 0.25) is 0 Å². The number of rotatable bonds is 6. The van der Waals surface area contributed by atoms with Gasteiger partial charge < -0.3 is 15.3 Å². The molecule has 0 bridgehead atoms. The van der Waals surface area contributed by atoms with Crippen LogP contribution in [0.3, 0.4) is 0 Å². The molecular weight excluding hydrogens is 272 g/mol. The van der Waals surface area contributed by atoms with Crippen molar-refractivity contribution in [1.82, 2.24) is 0 Å². The number of hydrogen-bond acceptors (Lipinski definition) is 3. The molecule has 1 aliphatic rings. The highest BCUT2D eigenvalue weighted by Crippen LogP contribution is 2.24. The van der Waals surface area contributed by atoms with E-state index in [0.717, 1.165) is 12.1 Å². The van der Waals surface area contributed by atoms with Gasteiger partial charge in [0.25, 0.3) is 0 Å². The molecular formula is C15H18N2O4. The number of benzene rings is 1. The minimum Gasteiger partial charge on any atom is -0.481 e. The Morgan fingerprint density at radius 2 is 2.10 bits per heavy atom. The lowest BCUT2D eigenvalue weighted by Crippen LogP contribution is -2.23. The second-order valence-electron chi connectivity index (χ2n) is 4.99. The molecule has 21 heavy (non-hydrogen) atoms. The van der Waals surface area contributed by atoms with Gasteiger partial charge in [-0.05, 0) is 31.0 Å². The fourth-order valence-corrected chi connectivity index (χ4v) is 2.30. The minimum atomic E-state index is -0.905. The van der Waals surface area contributed by atoms with E-state index in [-0.39, 0.29) is 24.7 Å². The molecule has 2 N–H and O–H groups in total. The molecule has 0 unspecified atom stereocenters. The fourth-order valence-electron chi connectivity index (χ4n) is 2.30. The molecule has 0 saturated carbocycles. The van der Waals surface area contributed by atoms with Crippen LogP contribution in [0.15, 0.2) is 24.3 Å². The maximum atomic E-state index is 11.7. The van der Waals surface area contributed by atoms with E-state index >= 15 is 0 Å². The summed E-state index contributed by atoms with van der Waals surface area (Å²) in [5.74, 6) is -1.03. The number of carbonyl (C=O) groups excluding carboxylic acids is 2. The quantitative estimate of drug-likeness (QED) is 0.839. The molecule has 2 amide bonds. The monoisotopic (exact) mass is 290 g/mol. The van der Waals surface area contributed by atoms with Crippen molar-refractivity contribution < 1.29 is 19.5 Å². The highest BCUT2D eigenvalue weighted by molar-refractivity contribution is 5.97. The van der Waals surface area contributed by atoms with Crippen LogP contribution >= 0.6 is 0 Å². The highest BCUT2D eigenvalue weighted by Gasteiger charge is 2.21. The van der Waals surface area contributed by atoms with Crippen molar-refractivity contribution in [3.8, 4) is 0 Å². The molecule has 1 heterocycles. The van der Waals surface area contributed by atoms with Gasteiger partial charge in [-0.3, -0.25) is 14.4 Å². The number of hydrogen-bond donors (Lipinski definition) is 2. The molecule has 2 rings (SSSR count). The topological polar surface area (TPSA) is 86.7 Å². The van der Waals surface area contributed by atoms with E-state index in [9.17, 15) is 14.4 Å². The summed E-state index contributed by atoms with van der Waals surface area (Å²) in [7, 11) is 0. The van der Waals surface area contributed by atoms with Crippen molar-refractivity contribution in [3.63, 3.8) is 0 Å². The van der Waals surface area contributed by atoms with Crippen LogP contribution in [-0.4, -0.2) is 29.4 Å². The molecule has 1 saturated heterocycles. The van der Waals surface area contributed by atoms with Gasteiger partial charge in [-0.1, -0.05) is 6.07 Å². The van der Waals surface area contributed by atoms with Crippen molar-refractivity contribution in [3.05, 3.63) is 24.3 Å². The van der Waals surface area contributed by atoms with Gasteiger partial charge in [0.2, 0.25) is 11.8 Å². The molecule has 6 heteroatoms. The smallest absolute Gasteiger partial charge is 0.303 e. The van der Waals surface area contributed by atoms with Gasteiger partial charge in [-0.25, -0.2) is 0 Å². The normalized spacial score (nSPS) is 14.3. The summed E-state index contributed by atoms with van der Waals surface area (Å²) in [6, 6.07) is 7.13. The molecule has 0 spiro atoms. The van der Waals surface area contributed by atoms with Gasteiger partial charge in [-0.2, -0.15) is 0 Å². The van der Waals surface area contributed by atoms with Crippen LogP contribution in [0.25, 0.3) is 0 Å². The highest BCUT2D eigenvalue weighted by atomic mass is 16.4. The first-order valence-corrected chi connectivity index (χ1v) is 6.98. The molecule has 6 nitrogen and oxygen atoms in total. The number of aliphatic carboxylic acids is 1. The third-order valence-electron chi connectivity index (χ3n) is 3.31. The van der Waals surface area contributed by atoms with Crippen molar-refractivity contribution in [2.75, 3.05) is 16.8 Å². The molecule has 1 aliphatic heterocycles. The van der Waals surface area contributed by atoms with Crippen molar-refractivity contribution in [1.29, 1.82) is 0 Å². The summed E-state index contributed by atoms with van der Waals surface area (Å²) >= 11 is 0. The number of carboxylic acids is 1. The van der Waals surface area contributed by atoms with E-state index in [1.165, 1.54) is 0 Å². The van der Waals surface area contributed by atoms with Crippen molar-refractivity contribution in [2.24, 2.45) is 0 Å². The van der Waals surface area contributed by atoms with E-state index in [1.54, 1.807) is 23.1 Å². The SMILES string of the molecule is O=C(O)CCCC(=O)Nc1cccc(N2CCCC2=O)c1. The summed E-state index contributed by atoms with van der Waals surface area (Å²) in [6.07, 6.45) is 1.87. The first-order chi connectivity index (χ1) is 10.1. The summed E-state index contributed by atoms with van der Waals surface area (Å²) in [6.45, 7) is 0.703. The molecule has 1 fully saturated rings. The Labute approximate surface area is 122 Å². The Morgan fingerprint density at radius 1 is 1.29 bits per heavy atom. The van der Waals surface area contributed by atoms with Crippen LogP contribution in [0.1, 0.15) is 32.1 Å². The Kier molecular flexibility index (Phi) is 4.92. The maximum Gasteiger partial charge on any atom is 0.303 e. The number of nitrogens with zero attached hydrogens (tertiary/aromatic N) is 1. The zero-order valence-corrected chi connectivity index (χ0v) is 11.7. The lowest BCUT2D eigenvalue weighted by molar-refractivity contribution is -0.137. The van der Waals surface area contributed by atoms with Gasteiger partial charge in [0.15, 0.2) is 0 Å². The van der Waals surface area contributed by atoms with Crippen LogP contribution in [0.5, 0.6) is 0 Å². The van der Waals surface area contributed by atoms with Crippen LogP contribution in [0, 0.1) is 0 Å². The van der Waals surface area contributed by atoms with Gasteiger partial charge >= 0.3 is 5.97 Å². The Hall–Kier alpha value is -2.37. The van der Waals surface area contributed by atoms with E-state index in [4.69, 9.17) is 5.11 Å². The maximum absolute atomic E-state index is 11.7. The summed E-state index contributed by atoms with van der Waals surface area (Å²) < 4.78 is 0. The largest absolute Gasteiger partial charge is 0.481 e. The Balaban J connectivity index is 1.93. The number of carboxylic acid groups (broad SMARTS) is 1. The lowest BCUT2D eigenvalue weighted by atomic mass is 10.2. The second kappa shape index (κ2) is 6.88. The number of amides is 2. The molecule has 0 atom stereocenters. The predicted octanol–water partition coefficient (Wildman–Crippen LogP) is 2.01. The van der Waals surface area contributed by atoms with Crippen LogP contribution in [0.4, 0.5) is 11.4 Å². The average Bonchev–Trinajstić information content (AvgIpc) is 2.85. The predicted molar refractivity (Wildman–Crippen MR) is 78.1 cm³/mol. The van der Waals surface area contributed by atoms with E-state index in [2.05, 4.69) is 5.32 Å². The van der Waals surface area contributed by atoms with Gasteiger partial charge in [0, 0.05) is 37.2 Å². The van der Waals surface area contributed by atoms with Gasteiger partial charge in [0.1, 0.15) is 0 Å². The minimum absolute atomic E-state index is 0.0181. The van der Waals surface area contributed by atoms with Gasteiger partial charge in [0.05, 0.1) is 0 Å². The number of nitrogens with one attached hydrogen (secondary N) is 1. The third-order valence-corrected chi connectivity index (χ3v) is 3.31. The molecule has 1 aromatic carbocycles. The zero-order valence-electron chi connectivity index (χ0n) is 11.7. The average molecular weight is 290 g/mol. The molecule has 1 aromatic rings. The summed E-state index contributed by atoms with van der Waals surface area (Å²) in [5.41, 5.74) is 1.40. The van der Waals surface area contributed by atoms with Crippen molar-refractivity contribution in [2.45, 2.75) is 32.1 Å². The molecule has 0 aromatic heterocycles. The second-order valence-corrected chi connectivity index (χ2v) is 4.99. The summed E-state index contributed by atoms with van der Waals surface area (Å²) in [5, 5.41) is 11.3. The van der Waals surface area contributed by atoms with Crippen molar-refractivity contribution >= 4 is 29.2 Å². The third kappa shape index (κ3) is 4.30. The number of carbonyl (C=O) groups is 3. The summed E-state index contributed by atoms with van der Waals surface area (Å²) in [4.78, 5) is 35.5. The van der Waals surface area contributed by atoms with E-state index in [1.807, 2.05) is 6.07 Å². The molecule has 0 aliphatic carbocycles. The zero-order chi connectivity index (χ0) is 15.2. The first kappa shape index (κ1) is 15.0. The standard InChI is InChI=1S/C15H18N2O4/c18-13(6-2-8-15(20)21)16-11-4-1-5-12(10-11)17-9-3-7-14(17)19/h1,4-5,10H,2-3,6-9H2,(H,16,18)(H,20,21). The van der Waals surface area contributed by atoms with Crippen LogP contribution < -0.4 is 10.2 Å². The van der Waals surface area contributed by atoms with Gasteiger partial charge in [-0.15, -0.1) is 0 Å². The fraction of sp³-hybridized carbons (Fsp3) is 0.400. The Bertz CT molecular complexity index is 556. The molecule has 0 radical (unpaired) electrons. The number of anilines is 2. The first-order valence-electron chi connectivity index (χ1n) is 6.98. The van der Waals surface area contributed by atoms with E-state index < -0.39 is 5.97 Å². The molecule has 112 valence electrons. The van der Waals surface area contributed by atoms with Crippen LogP contribution in [-0.2, 0) is 14.4 Å².